The quantitative estimate of drug-likeness (QED) is 0.874. The van der Waals surface area contributed by atoms with E-state index in [1.807, 2.05) is 0 Å². The van der Waals surface area contributed by atoms with Gasteiger partial charge in [0, 0.05) is 22.3 Å². The van der Waals surface area contributed by atoms with E-state index in [4.69, 9.17) is 32.5 Å². The number of rotatable bonds is 4. The third kappa shape index (κ3) is 4.34. The Balaban J connectivity index is 1.52. The summed E-state index contributed by atoms with van der Waals surface area (Å²) in [5, 5.41) is 9.95. The van der Waals surface area contributed by atoms with Gasteiger partial charge in [0.25, 0.3) is 5.89 Å². The summed E-state index contributed by atoms with van der Waals surface area (Å²) in [4.78, 5) is 16.1. The van der Waals surface area contributed by atoms with E-state index in [1.54, 1.807) is 18.2 Å². The molecule has 1 aliphatic rings. The van der Waals surface area contributed by atoms with Crippen LogP contribution in [0.2, 0.25) is 10.0 Å². The number of benzene rings is 1. The number of aromatic nitrogens is 2. The van der Waals surface area contributed by atoms with Crippen LogP contribution in [-0.2, 0) is 11.3 Å². The van der Waals surface area contributed by atoms with Crippen LogP contribution in [0.25, 0.3) is 0 Å². The highest BCUT2D eigenvalue weighted by atomic mass is 35.5. The van der Waals surface area contributed by atoms with Crippen LogP contribution in [-0.4, -0.2) is 22.8 Å². The first-order chi connectivity index (χ1) is 11.1. The summed E-state index contributed by atoms with van der Waals surface area (Å²) in [6, 6.07) is 4.35. The minimum Gasteiger partial charge on any atom is -0.368 e. The molecule has 7 nitrogen and oxygen atoms in total. The zero-order valence-electron chi connectivity index (χ0n) is 12.0. The predicted octanol–water partition coefficient (Wildman–Crippen LogP) is 3.55. The topological polar surface area (TPSA) is 89.3 Å². The molecule has 1 fully saturated rings. The maximum Gasteiger partial charge on any atom is 0.319 e. The molecular weight excluding hydrogens is 343 g/mol. The standard InChI is InChI=1S/C14H14Cl2N4O3/c15-8-4-9(16)6-10(5-8)18-14(21)17-7-12-19-13(23-20-12)11-2-1-3-22-11/h4-6,11H,1-3,7H2,(H2,17,18,21). The van der Waals surface area contributed by atoms with Gasteiger partial charge in [0.15, 0.2) is 5.82 Å². The van der Waals surface area contributed by atoms with Crippen molar-refractivity contribution in [2.45, 2.75) is 25.5 Å². The number of urea groups is 1. The fraction of sp³-hybridized carbons (Fsp3) is 0.357. The number of nitrogens with zero attached hydrogens (tertiary/aromatic N) is 2. The number of amides is 2. The predicted molar refractivity (Wildman–Crippen MR) is 84.5 cm³/mol. The summed E-state index contributed by atoms with van der Waals surface area (Å²) in [6.45, 7) is 0.835. The van der Waals surface area contributed by atoms with Crippen molar-refractivity contribution in [3.63, 3.8) is 0 Å². The van der Waals surface area contributed by atoms with Crippen molar-refractivity contribution < 1.29 is 14.1 Å². The van der Waals surface area contributed by atoms with Gasteiger partial charge in [0.2, 0.25) is 0 Å². The van der Waals surface area contributed by atoms with Crippen LogP contribution in [0.4, 0.5) is 10.5 Å². The first-order valence-electron chi connectivity index (χ1n) is 7.05. The molecule has 0 bridgehead atoms. The molecule has 9 heteroatoms. The van der Waals surface area contributed by atoms with Crippen LogP contribution >= 0.6 is 23.2 Å². The highest BCUT2D eigenvalue weighted by Crippen LogP contribution is 2.26. The van der Waals surface area contributed by atoms with Crippen molar-refractivity contribution in [2.24, 2.45) is 0 Å². The van der Waals surface area contributed by atoms with E-state index in [9.17, 15) is 4.79 Å². The summed E-state index contributed by atoms with van der Waals surface area (Å²) in [5.74, 6) is 0.830. The summed E-state index contributed by atoms with van der Waals surface area (Å²) < 4.78 is 10.6. The second-order valence-electron chi connectivity index (χ2n) is 5.02. The molecule has 0 aliphatic carbocycles. The molecule has 3 rings (SSSR count). The van der Waals surface area contributed by atoms with Gasteiger partial charge in [-0.25, -0.2) is 4.79 Å². The minimum absolute atomic E-state index is 0.135. The summed E-state index contributed by atoms with van der Waals surface area (Å²) in [5.41, 5.74) is 0.494. The van der Waals surface area contributed by atoms with E-state index in [0.717, 1.165) is 12.8 Å². The molecule has 2 amide bonds. The highest BCUT2D eigenvalue weighted by molar-refractivity contribution is 6.35. The Bertz CT molecular complexity index is 681. The fourth-order valence-electron chi connectivity index (χ4n) is 2.20. The molecule has 1 atom stereocenters. The Labute approximate surface area is 142 Å². The van der Waals surface area contributed by atoms with Crippen molar-refractivity contribution in [2.75, 3.05) is 11.9 Å². The van der Waals surface area contributed by atoms with Gasteiger partial charge in [0.1, 0.15) is 6.10 Å². The van der Waals surface area contributed by atoms with E-state index in [2.05, 4.69) is 20.8 Å². The number of carbonyl (C=O) groups is 1. The largest absolute Gasteiger partial charge is 0.368 e. The summed E-state index contributed by atoms with van der Waals surface area (Å²) in [7, 11) is 0. The van der Waals surface area contributed by atoms with Crippen LogP contribution in [0.3, 0.4) is 0 Å². The summed E-state index contributed by atoms with van der Waals surface area (Å²) >= 11 is 11.7. The Morgan fingerprint density at radius 3 is 2.78 bits per heavy atom. The van der Waals surface area contributed by atoms with Crippen molar-refractivity contribution >= 4 is 34.9 Å². The number of hydrogen-bond donors (Lipinski definition) is 2. The molecule has 122 valence electrons. The van der Waals surface area contributed by atoms with Crippen LogP contribution in [0, 0.1) is 0 Å². The Morgan fingerprint density at radius 1 is 1.30 bits per heavy atom. The van der Waals surface area contributed by atoms with Crippen molar-refractivity contribution in [3.05, 3.63) is 40.0 Å². The number of carbonyl (C=O) groups excluding carboxylic acids is 1. The maximum absolute atomic E-state index is 11.9. The van der Waals surface area contributed by atoms with Crippen LogP contribution in [0.15, 0.2) is 22.7 Å². The van der Waals surface area contributed by atoms with Gasteiger partial charge in [-0.1, -0.05) is 28.4 Å². The molecule has 1 aliphatic heterocycles. The summed E-state index contributed by atoms with van der Waals surface area (Å²) in [6.07, 6.45) is 1.70. The first kappa shape index (κ1) is 16.0. The Morgan fingerprint density at radius 2 is 2.09 bits per heavy atom. The van der Waals surface area contributed by atoms with Crippen LogP contribution in [0.1, 0.15) is 30.7 Å². The molecule has 2 heterocycles. The lowest BCUT2D eigenvalue weighted by Gasteiger charge is -2.07. The number of nitrogens with one attached hydrogen (secondary N) is 2. The third-order valence-corrected chi connectivity index (χ3v) is 3.65. The van der Waals surface area contributed by atoms with Crippen molar-refractivity contribution in [3.8, 4) is 0 Å². The molecule has 0 radical (unpaired) electrons. The lowest BCUT2D eigenvalue weighted by atomic mass is 10.2. The average molecular weight is 357 g/mol. The highest BCUT2D eigenvalue weighted by Gasteiger charge is 2.23. The van der Waals surface area contributed by atoms with Crippen molar-refractivity contribution in [1.29, 1.82) is 0 Å². The molecule has 1 aromatic carbocycles. The number of anilines is 1. The SMILES string of the molecule is O=C(NCc1noc(C2CCCO2)n1)Nc1cc(Cl)cc(Cl)c1. The zero-order chi connectivity index (χ0) is 16.2. The molecule has 23 heavy (non-hydrogen) atoms. The Hall–Kier alpha value is -1.83. The van der Waals surface area contributed by atoms with Gasteiger partial charge in [-0.05, 0) is 31.0 Å². The van der Waals surface area contributed by atoms with Gasteiger partial charge in [-0.15, -0.1) is 0 Å². The maximum atomic E-state index is 11.9. The Kier molecular flexibility index (Phi) is 5.00. The lowest BCUT2D eigenvalue weighted by Crippen LogP contribution is -2.28. The van der Waals surface area contributed by atoms with Gasteiger partial charge in [0.05, 0.1) is 6.54 Å². The third-order valence-electron chi connectivity index (χ3n) is 3.22. The normalized spacial score (nSPS) is 17.2. The zero-order valence-corrected chi connectivity index (χ0v) is 13.5. The molecule has 1 unspecified atom stereocenters. The minimum atomic E-state index is -0.424. The number of hydrogen-bond acceptors (Lipinski definition) is 5. The molecule has 1 aromatic heterocycles. The van der Waals surface area contributed by atoms with E-state index in [-0.39, 0.29) is 12.6 Å². The number of halogens is 2. The molecule has 0 spiro atoms. The van der Waals surface area contributed by atoms with Gasteiger partial charge in [-0.3, -0.25) is 0 Å². The first-order valence-corrected chi connectivity index (χ1v) is 7.81. The molecule has 1 saturated heterocycles. The second kappa shape index (κ2) is 7.16. The van der Waals surface area contributed by atoms with E-state index in [1.165, 1.54) is 0 Å². The smallest absolute Gasteiger partial charge is 0.319 e. The fourth-order valence-corrected chi connectivity index (χ4v) is 2.73. The average Bonchev–Trinajstić information content (AvgIpc) is 3.15. The van der Waals surface area contributed by atoms with Gasteiger partial charge < -0.3 is 19.9 Å². The van der Waals surface area contributed by atoms with Gasteiger partial charge >= 0.3 is 6.03 Å². The van der Waals surface area contributed by atoms with E-state index in [0.29, 0.717) is 34.1 Å². The van der Waals surface area contributed by atoms with Crippen LogP contribution < -0.4 is 10.6 Å². The van der Waals surface area contributed by atoms with Crippen molar-refractivity contribution in [1.82, 2.24) is 15.5 Å². The molecular formula is C14H14Cl2N4O3. The van der Waals surface area contributed by atoms with E-state index < -0.39 is 6.03 Å². The monoisotopic (exact) mass is 356 g/mol. The molecule has 2 N–H and O–H groups in total. The second-order valence-corrected chi connectivity index (χ2v) is 5.89. The number of ether oxygens (including phenoxy) is 1. The molecule has 2 aromatic rings. The molecule has 0 saturated carbocycles. The lowest BCUT2D eigenvalue weighted by molar-refractivity contribution is 0.0835. The van der Waals surface area contributed by atoms with Gasteiger partial charge in [-0.2, -0.15) is 4.98 Å². The van der Waals surface area contributed by atoms with Crippen LogP contribution in [0.5, 0.6) is 0 Å². The van der Waals surface area contributed by atoms with E-state index >= 15 is 0 Å².